The number of carboxylic acids is 1. The van der Waals surface area contributed by atoms with Crippen molar-refractivity contribution in [3.63, 3.8) is 0 Å². The molecule has 1 aliphatic carbocycles. The number of carboxylic acid groups (broad SMARTS) is 1. The summed E-state index contributed by atoms with van der Waals surface area (Å²) < 4.78 is 17.8. The molecule has 464 valence electrons. The zero-order valence-corrected chi connectivity index (χ0v) is 51.3. The number of esters is 1. The van der Waals surface area contributed by atoms with Crippen molar-refractivity contribution in [2.45, 2.75) is 138 Å². The van der Waals surface area contributed by atoms with Crippen molar-refractivity contribution >= 4 is 79.6 Å². The second-order valence-corrected chi connectivity index (χ2v) is 27.2. The minimum absolute atomic E-state index is 0.0748. The van der Waals surface area contributed by atoms with Crippen LogP contribution < -0.4 is 31.5 Å². The van der Waals surface area contributed by atoms with E-state index in [0.29, 0.717) is 105 Å². The molecule has 1 saturated carbocycles. The van der Waals surface area contributed by atoms with E-state index in [1.54, 1.807) is 28.0 Å². The summed E-state index contributed by atoms with van der Waals surface area (Å²) in [7, 11) is 7.52. The van der Waals surface area contributed by atoms with Crippen LogP contribution in [0, 0.1) is 23.2 Å². The van der Waals surface area contributed by atoms with E-state index in [2.05, 4.69) is 37.0 Å². The second-order valence-electron chi connectivity index (χ2n) is 24.5. The highest BCUT2D eigenvalue weighted by Crippen LogP contribution is 2.67. The first-order valence-corrected chi connectivity index (χ1v) is 32.2. The van der Waals surface area contributed by atoms with Gasteiger partial charge < -0.3 is 55.6 Å². The average molecular weight is 1220 g/mol. The summed E-state index contributed by atoms with van der Waals surface area (Å²) in [6, 6.07) is 9.30. The molecule has 3 aromatic rings. The summed E-state index contributed by atoms with van der Waals surface area (Å²) in [5.41, 5.74) is 7.64. The van der Waals surface area contributed by atoms with Crippen LogP contribution in [0.15, 0.2) is 48.6 Å². The smallest absolute Gasteiger partial charge is 0.426 e. The number of nitrogens with two attached hydrogens (primary N) is 1. The molecule has 1 aromatic heterocycles. The van der Waals surface area contributed by atoms with Crippen LogP contribution >= 0.6 is 21.6 Å². The van der Waals surface area contributed by atoms with Crippen molar-refractivity contribution in [1.82, 2.24) is 31.0 Å². The maximum Gasteiger partial charge on any atom is 0.426 e. The number of aliphatic carboxylic acids is 1. The topological polar surface area (TPSA) is 316 Å². The standard InChI is InChI=1S/C61H84N8O14S2/c1-8-57(79)30-36-31-60(55(77)82-7,49-39(17-21-68(33-36)34-57)38-14-10-11-15-42(38)63-49)41-28-40-44(29-47(41)81-6)67(5)52-59(40)19-22-69-20-13-18-58(9-2,51(59)69)53(75)61(52,80)54(76)65-66-56(78)83-23-25-85-84-24-12-16-45(70)43(32-62)64-50(74)37(27-48(72)73)26-46(71)35(3)4/h10-11,13-15,18,28-29,35-37,43,51-53,63,75,79-80H,8-9,12,16-17,19-27,30-34,62H2,1-7H3,(H,64,74)(H,65,76)(H,66,78)(H,72,73)/t36-,37+,43+,51+,52-,53-,57+,58-,59-,60+,61+/m1/s1. The lowest BCUT2D eigenvalue weighted by molar-refractivity contribution is -0.204. The molecule has 0 radical (unpaired) electrons. The number of Topliss-reactive ketones (excluding diaryl/α,β-unsaturated/α-hetero) is 2. The maximum atomic E-state index is 15.5. The number of methoxy groups -OCH3 is 2. The number of hydrazine groups is 1. The van der Waals surface area contributed by atoms with Crippen LogP contribution in [0.1, 0.15) is 108 Å². The highest BCUT2D eigenvalue weighted by Gasteiger charge is 2.79. The molecule has 3 fully saturated rings. The number of ether oxygens (including phenoxy) is 3. The van der Waals surface area contributed by atoms with Gasteiger partial charge in [0.15, 0.2) is 11.4 Å². The van der Waals surface area contributed by atoms with Crippen LogP contribution in [0.4, 0.5) is 10.5 Å². The zero-order chi connectivity index (χ0) is 61.4. The summed E-state index contributed by atoms with van der Waals surface area (Å²) in [5.74, 6) is -4.60. The largest absolute Gasteiger partial charge is 0.496 e. The third-order valence-corrected chi connectivity index (χ3v) is 21.9. The van der Waals surface area contributed by atoms with Crippen LogP contribution in [0.3, 0.4) is 0 Å². The Labute approximate surface area is 503 Å². The number of aromatic nitrogens is 1. The van der Waals surface area contributed by atoms with Crippen molar-refractivity contribution in [1.29, 1.82) is 0 Å². The van der Waals surface area contributed by atoms with Crippen molar-refractivity contribution in [3.05, 3.63) is 70.9 Å². The molecule has 3 amide bonds. The third-order valence-electron chi connectivity index (χ3n) is 19.4. The first-order chi connectivity index (χ1) is 40.5. The molecule has 2 saturated heterocycles. The first kappa shape index (κ1) is 63.8. The number of rotatable bonds is 23. The Morgan fingerprint density at radius 1 is 0.929 bits per heavy atom. The number of nitrogens with one attached hydrogen (secondary N) is 4. The number of aromatic amines is 1. The van der Waals surface area contributed by atoms with E-state index in [0.717, 1.165) is 22.0 Å². The Morgan fingerprint density at radius 2 is 1.68 bits per heavy atom. The highest BCUT2D eigenvalue weighted by atomic mass is 33.1. The van der Waals surface area contributed by atoms with E-state index in [-0.39, 0.29) is 55.8 Å². The fraction of sp³-hybridized carbons (Fsp3) is 0.623. The number of benzene rings is 2. The lowest BCUT2D eigenvalue weighted by atomic mass is 9.47. The summed E-state index contributed by atoms with van der Waals surface area (Å²) in [5, 5.41) is 51.4. The van der Waals surface area contributed by atoms with E-state index in [1.165, 1.54) is 28.7 Å². The number of carbonyl (C=O) groups is 7. The molecule has 6 aliphatic rings. The molecule has 1 unspecified atom stereocenters. The maximum absolute atomic E-state index is 15.5. The van der Waals surface area contributed by atoms with E-state index >= 15 is 9.59 Å². The number of fused-ring (bicyclic) bond motifs is 6. The Morgan fingerprint density at radius 3 is 2.38 bits per heavy atom. The third kappa shape index (κ3) is 11.4. The highest BCUT2D eigenvalue weighted by molar-refractivity contribution is 8.76. The van der Waals surface area contributed by atoms with Gasteiger partial charge in [-0.2, -0.15) is 0 Å². The molecule has 5 aliphatic heterocycles. The van der Waals surface area contributed by atoms with Crippen LogP contribution in [-0.2, 0) is 55.5 Å². The predicted molar refractivity (Wildman–Crippen MR) is 322 cm³/mol. The summed E-state index contributed by atoms with van der Waals surface area (Å²) >= 11 is 0. The van der Waals surface area contributed by atoms with Gasteiger partial charge in [0.25, 0.3) is 5.91 Å². The van der Waals surface area contributed by atoms with E-state index in [9.17, 15) is 44.4 Å². The van der Waals surface area contributed by atoms with Crippen LogP contribution in [0.25, 0.3) is 10.9 Å². The molecule has 22 nitrogen and oxygen atoms in total. The minimum atomic E-state index is -2.59. The van der Waals surface area contributed by atoms with Gasteiger partial charge in [0.1, 0.15) is 29.7 Å². The monoisotopic (exact) mass is 1220 g/mol. The predicted octanol–water partition coefficient (Wildman–Crippen LogP) is 3.88. The Bertz CT molecular complexity index is 3090. The lowest BCUT2D eigenvalue weighted by Crippen LogP contribution is -2.82. The number of H-pyrrole nitrogens is 1. The number of aliphatic hydroxyl groups is 3. The van der Waals surface area contributed by atoms with E-state index < -0.39 is 93.9 Å². The summed E-state index contributed by atoms with van der Waals surface area (Å²) in [6.07, 6.45) is 3.49. The number of ketones is 2. The lowest BCUT2D eigenvalue weighted by Gasteiger charge is -2.63. The van der Waals surface area contributed by atoms with Gasteiger partial charge in [-0.3, -0.25) is 44.0 Å². The number of aliphatic hydroxyl groups excluding tert-OH is 1. The summed E-state index contributed by atoms with van der Waals surface area (Å²) in [4.78, 5) is 104. The molecule has 24 heteroatoms. The van der Waals surface area contributed by atoms with Crippen molar-refractivity contribution in [3.8, 4) is 5.75 Å². The van der Waals surface area contributed by atoms with Crippen LogP contribution in [-0.4, -0.2) is 191 Å². The molecule has 2 aromatic carbocycles. The van der Waals surface area contributed by atoms with Crippen molar-refractivity contribution < 1.29 is 68.2 Å². The summed E-state index contributed by atoms with van der Waals surface area (Å²) in [6.45, 7) is 9.89. The number of nitrogens with zero attached hydrogens (tertiary/aromatic N) is 3. The normalized spacial score (nSPS) is 29.9. The van der Waals surface area contributed by atoms with Gasteiger partial charge in [0, 0.05) is 121 Å². The molecular weight excluding hydrogens is 1130 g/mol. The molecule has 6 heterocycles. The quantitative estimate of drug-likeness (QED) is 0.0214. The van der Waals surface area contributed by atoms with Crippen molar-refractivity contribution in [2.75, 3.05) is 83.5 Å². The first-order valence-electron chi connectivity index (χ1n) is 29.7. The number of likely N-dealkylation sites (N-methyl/N-ethyl adjacent to an activating group) is 1. The fourth-order valence-corrected chi connectivity index (χ4v) is 17.5. The van der Waals surface area contributed by atoms with Crippen LogP contribution in [0.2, 0.25) is 0 Å². The fourth-order valence-electron chi connectivity index (χ4n) is 15.5. The van der Waals surface area contributed by atoms with Gasteiger partial charge in [0.2, 0.25) is 5.91 Å². The van der Waals surface area contributed by atoms with Gasteiger partial charge in [-0.15, -0.1) is 0 Å². The van der Waals surface area contributed by atoms with Gasteiger partial charge in [-0.25, -0.2) is 10.2 Å². The molecule has 10 N–H and O–H groups in total. The number of amides is 3. The number of hydrogen-bond donors (Lipinski definition) is 9. The SMILES string of the molecule is CC[C@]1(O)C[C@H]2CN(CCc3c([nH]c4ccccc34)[C@@](C(=O)OC)(c3cc4c(cc3OC)N(C)[C@H]3[C@@](O)(C(=O)NNC(=O)OCCSSCCCC(=O)[C@H](CN)NC(=O)[C@H](CC(=O)O)CC(=O)C(C)C)[C@H](O)[C@]5(CC)C=CCN6CC[C@]43[C@@H]65)C2)C1. The Hall–Kier alpha value is -5.73. The van der Waals surface area contributed by atoms with Gasteiger partial charge in [-0.05, 0) is 80.7 Å². The number of anilines is 1. The van der Waals surface area contributed by atoms with Gasteiger partial charge >= 0.3 is 18.0 Å². The Kier molecular flexibility index (Phi) is 19.2. The molecular formula is C61H84N8O14S2. The molecule has 1 spiro atoms. The number of hydrogen-bond acceptors (Lipinski definition) is 19. The Balaban J connectivity index is 0.934. The van der Waals surface area contributed by atoms with Gasteiger partial charge in [-0.1, -0.05) is 79.6 Å². The number of para-hydroxylation sites is 1. The number of piperidine rings is 1. The minimum Gasteiger partial charge on any atom is -0.496 e. The number of carbonyl (C=O) groups excluding carboxylic acids is 6. The zero-order valence-electron chi connectivity index (χ0n) is 49.7. The van der Waals surface area contributed by atoms with Gasteiger partial charge in [0.05, 0.1) is 44.2 Å². The molecule has 12 atom stereocenters. The molecule has 85 heavy (non-hydrogen) atoms. The van der Waals surface area contributed by atoms with Crippen molar-refractivity contribution in [2.24, 2.45) is 28.9 Å². The molecule has 2 bridgehead atoms. The average Bonchev–Trinajstić information content (AvgIpc) is 1.53. The van der Waals surface area contributed by atoms with E-state index in [1.807, 2.05) is 61.2 Å². The second kappa shape index (κ2) is 25.5. The molecule has 9 rings (SSSR count). The van der Waals surface area contributed by atoms with Crippen LogP contribution in [0.5, 0.6) is 5.75 Å². The van der Waals surface area contributed by atoms with E-state index in [4.69, 9.17) is 19.9 Å².